The molecular weight excluding hydrogens is 292 g/mol. The number of rotatable bonds is 3. The minimum atomic E-state index is -0.517. The van der Waals surface area contributed by atoms with Crippen LogP contribution >= 0.6 is 0 Å². The molecule has 0 bridgehead atoms. The molecule has 0 aliphatic carbocycles. The molecule has 1 aliphatic rings. The molecule has 118 valence electrons. The summed E-state index contributed by atoms with van der Waals surface area (Å²) >= 11 is 0. The molecule has 2 amide bonds. The van der Waals surface area contributed by atoms with E-state index in [-0.39, 0.29) is 24.8 Å². The first kappa shape index (κ1) is 15.2. The minimum absolute atomic E-state index is 0.0855. The second-order valence-electron chi connectivity index (χ2n) is 5.69. The van der Waals surface area contributed by atoms with Crippen LogP contribution in [0.3, 0.4) is 0 Å². The van der Waals surface area contributed by atoms with Crippen LogP contribution in [-0.4, -0.2) is 16.9 Å². The van der Waals surface area contributed by atoms with Crippen molar-refractivity contribution < 1.29 is 14.7 Å². The summed E-state index contributed by atoms with van der Waals surface area (Å²) in [5, 5.41) is 14.9. The van der Waals surface area contributed by atoms with Crippen molar-refractivity contribution in [3.05, 3.63) is 59.2 Å². The predicted molar refractivity (Wildman–Crippen MR) is 88.2 cm³/mol. The molecule has 0 saturated heterocycles. The Labute approximate surface area is 134 Å². The summed E-state index contributed by atoms with van der Waals surface area (Å²) in [6, 6.07) is 12.8. The van der Waals surface area contributed by atoms with Crippen LogP contribution in [-0.2, 0) is 16.2 Å². The number of aliphatic hydroxyl groups is 1. The van der Waals surface area contributed by atoms with Crippen molar-refractivity contribution >= 4 is 23.2 Å². The third-order valence-corrected chi connectivity index (χ3v) is 4.06. The zero-order chi connectivity index (χ0) is 16.4. The van der Waals surface area contributed by atoms with E-state index < -0.39 is 5.92 Å². The van der Waals surface area contributed by atoms with Gasteiger partial charge in [0.15, 0.2) is 0 Å². The molecule has 3 rings (SSSR count). The van der Waals surface area contributed by atoms with Gasteiger partial charge >= 0.3 is 0 Å². The second-order valence-corrected chi connectivity index (χ2v) is 5.69. The molecule has 2 aromatic carbocycles. The zero-order valence-corrected chi connectivity index (χ0v) is 12.8. The Hall–Kier alpha value is -2.66. The van der Waals surface area contributed by atoms with Crippen molar-refractivity contribution in [2.24, 2.45) is 0 Å². The smallest absolute Gasteiger partial charge is 0.232 e. The van der Waals surface area contributed by atoms with Gasteiger partial charge < -0.3 is 15.7 Å². The van der Waals surface area contributed by atoms with Crippen LogP contribution in [0.25, 0.3) is 0 Å². The Morgan fingerprint density at radius 3 is 2.87 bits per heavy atom. The van der Waals surface area contributed by atoms with Gasteiger partial charge in [0.05, 0.1) is 12.5 Å². The maximum Gasteiger partial charge on any atom is 0.232 e. The predicted octanol–water partition coefficient (Wildman–Crippen LogP) is 2.55. The fourth-order valence-electron chi connectivity index (χ4n) is 2.77. The lowest BCUT2D eigenvalue weighted by Gasteiger charge is -2.25. The topological polar surface area (TPSA) is 78.4 Å². The van der Waals surface area contributed by atoms with E-state index in [0.29, 0.717) is 11.4 Å². The highest BCUT2D eigenvalue weighted by Crippen LogP contribution is 2.33. The number of benzene rings is 2. The average molecular weight is 310 g/mol. The lowest BCUT2D eigenvalue weighted by Crippen LogP contribution is -2.30. The molecule has 5 heteroatoms. The van der Waals surface area contributed by atoms with E-state index in [1.807, 2.05) is 37.3 Å². The highest BCUT2D eigenvalue weighted by molar-refractivity contribution is 6.05. The highest BCUT2D eigenvalue weighted by atomic mass is 16.3. The van der Waals surface area contributed by atoms with Crippen LogP contribution < -0.4 is 10.6 Å². The van der Waals surface area contributed by atoms with Gasteiger partial charge in [-0.05, 0) is 35.7 Å². The molecule has 0 aromatic heterocycles. The molecule has 3 N–H and O–H groups in total. The van der Waals surface area contributed by atoms with Gasteiger partial charge in [-0.3, -0.25) is 9.59 Å². The number of nitrogens with one attached hydrogen (secondary N) is 2. The van der Waals surface area contributed by atoms with Crippen LogP contribution in [0.4, 0.5) is 11.4 Å². The normalized spacial score (nSPS) is 16.4. The molecule has 23 heavy (non-hydrogen) atoms. The maximum atomic E-state index is 12.7. The van der Waals surface area contributed by atoms with Gasteiger partial charge in [-0.2, -0.15) is 0 Å². The molecule has 0 saturated carbocycles. The van der Waals surface area contributed by atoms with Crippen LogP contribution in [0.15, 0.2) is 42.5 Å². The highest BCUT2D eigenvalue weighted by Gasteiger charge is 2.30. The fraction of sp³-hybridized carbons (Fsp3) is 0.222. The number of carbonyl (C=O) groups excluding carboxylic acids is 2. The third-order valence-electron chi connectivity index (χ3n) is 4.06. The fourth-order valence-corrected chi connectivity index (χ4v) is 2.77. The number of hydrogen-bond acceptors (Lipinski definition) is 3. The SMILES string of the molecule is Cc1ccc(CO)cc1NC(=O)C1CC(=O)Nc2ccccc21. The molecule has 0 fully saturated rings. The Morgan fingerprint density at radius 1 is 1.30 bits per heavy atom. The lowest BCUT2D eigenvalue weighted by molar-refractivity contribution is -0.123. The summed E-state index contributed by atoms with van der Waals surface area (Å²) in [7, 11) is 0. The van der Waals surface area contributed by atoms with E-state index in [0.717, 1.165) is 16.7 Å². The number of amides is 2. The molecule has 5 nitrogen and oxygen atoms in total. The summed E-state index contributed by atoms with van der Waals surface area (Å²) in [6.45, 7) is 1.80. The summed E-state index contributed by atoms with van der Waals surface area (Å²) in [5.74, 6) is -0.896. The van der Waals surface area contributed by atoms with E-state index in [1.54, 1.807) is 12.1 Å². The first-order valence-corrected chi connectivity index (χ1v) is 7.48. The van der Waals surface area contributed by atoms with Crippen LogP contribution in [0.1, 0.15) is 29.0 Å². The Balaban J connectivity index is 1.88. The van der Waals surface area contributed by atoms with Crippen molar-refractivity contribution in [3.63, 3.8) is 0 Å². The van der Waals surface area contributed by atoms with Crippen molar-refractivity contribution in [1.82, 2.24) is 0 Å². The number of hydrogen-bond donors (Lipinski definition) is 3. The first-order valence-electron chi connectivity index (χ1n) is 7.48. The Bertz CT molecular complexity index is 771. The van der Waals surface area contributed by atoms with E-state index in [9.17, 15) is 14.7 Å². The second kappa shape index (κ2) is 6.22. The standard InChI is InChI=1S/C18H18N2O3/c1-11-6-7-12(10-21)8-16(11)20-18(23)14-9-17(22)19-15-5-3-2-4-13(14)15/h2-8,14,21H,9-10H2,1H3,(H,19,22)(H,20,23). The van der Waals surface area contributed by atoms with E-state index in [2.05, 4.69) is 10.6 Å². The molecule has 0 radical (unpaired) electrons. The Kier molecular flexibility index (Phi) is 4.12. The summed E-state index contributed by atoms with van der Waals surface area (Å²) in [5.41, 5.74) is 3.80. The van der Waals surface area contributed by atoms with Crippen molar-refractivity contribution in [3.8, 4) is 0 Å². The number of anilines is 2. The molecular formula is C18H18N2O3. The minimum Gasteiger partial charge on any atom is -0.392 e. The van der Waals surface area contributed by atoms with Crippen molar-refractivity contribution in [1.29, 1.82) is 0 Å². The van der Waals surface area contributed by atoms with Crippen molar-refractivity contribution in [2.45, 2.75) is 25.9 Å². The number of aryl methyl sites for hydroxylation is 1. The Morgan fingerprint density at radius 2 is 2.09 bits per heavy atom. The summed E-state index contributed by atoms with van der Waals surface area (Å²) in [6.07, 6.45) is 0.127. The van der Waals surface area contributed by atoms with Crippen LogP contribution in [0.5, 0.6) is 0 Å². The molecule has 1 aliphatic heterocycles. The van der Waals surface area contributed by atoms with Gasteiger partial charge in [0.25, 0.3) is 0 Å². The van der Waals surface area contributed by atoms with Gasteiger partial charge in [0.1, 0.15) is 0 Å². The summed E-state index contributed by atoms with van der Waals surface area (Å²) < 4.78 is 0. The van der Waals surface area contributed by atoms with E-state index in [4.69, 9.17) is 0 Å². The number of aliphatic hydroxyl groups excluding tert-OH is 1. The van der Waals surface area contributed by atoms with Crippen LogP contribution in [0.2, 0.25) is 0 Å². The quantitative estimate of drug-likeness (QED) is 0.815. The molecule has 1 atom stereocenters. The van der Waals surface area contributed by atoms with E-state index >= 15 is 0 Å². The summed E-state index contributed by atoms with van der Waals surface area (Å²) in [4.78, 5) is 24.5. The number of para-hydroxylation sites is 1. The zero-order valence-electron chi connectivity index (χ0n) is 12.8. The maximum absolute atomic E-state index is 12.7. The van der Waals surface area contributed by atoms with Gasteiger partial charge in [0.2, 0.25) is 11.8 Å². The molecule has 2 aromatic rings. The van der Waals surface area contributed by atoms with Gasteiger partial charge in [-0.15, -0.1) is 0 Å². The van der Waals surface area contributed by atoms with Gasteiger partial charge in [0, 0.05) is 17.8 Å². The number of fused-ring (bicyclic) bond motifs is 1. The first-order chi connectivity index (χ1) is 11.1. The third kappa shape index (κ3) is 3.10. The average Bonchev–Trinajstić information content (AvgIpc) is 2.56. The van der Waals surface area contributed by atoms with E-state index in [1.165, 1.54) is 0 Å². The van der Waals surface area contributed by atoms with Crippen molar-refractivity contribution in [2.75, 3.05) is 10.6 Å². The molecule has 0 spiro atoms. The molecule has 1 unspecified atom stereocenters. The number of carbonyl (C=O) groups is 2. The van der Waals surface area contributed by atoms with Gasteiger partial charge in [-0.25, -0.2) is 0 Å². The largest absolute Gasteiger partial charge is 0.392 e. The monoisotopic (exact) mass is 310 g/mol. The molecule has 1 heterocycles. The lowest BCUT2D eigenvalue weighted by atomic mass is 9.89. The van der Waals surface area contributed by atoms with Crippen LogP contribution in [0, 0.1) is 6.92 Å². The van der Waals surface area contributed by atoms with Gasteiger partial charge in [-0.1, -0.05) is 30.3 Å².